The summed E-state index contributed by atoms with van der Waals surface area (Å²) in [5, 5.41) is 12.7. The molecular weight excluding hydrogens is 392 g/mol. The molecule has 160 valence electrons. The van der Waals surface area contributed by atoms with Gasteiger partial charge in [-0.1, -0.05) is 24.3 Å². The van der Waals surface area contributed by atoms with Gasteiger partial charge in [-0.15, -0.1) is 0 Å². The van der Waals surface area contributed by atoms with Crippen molar-refractivity contribution in [3.8, 4) is 16.9 Å². The van der Waals surface area contributed by atoms with Gasteiger partial charge in [0.15, 0.2) is 5.78 Å². The van der Waals surface area contributed by atoms with Crippen LogP contribution in [0.1, 0.15) is 42.3 Å². The van der Waals surface area contributed by atoms with Gasteiger partial charge in [0.1, 0.15) is 11.4 Å². The predicted octanol–water partition coefficient (Wildman–Crippen LogP) is 4.90. The van der Waals surface area contributed by atoms with E-state index in [1.165, 1.54) is 0 Å². The molecular formula is C25H26N2O4. The first-order chi connectivity index (χ1) is 14.7. The number of ether oxygens (including phenoxy) is 1. The summed E-state index contributed by atoms with van der Waals surface area (Å²) in [7, 11) is 0. The van der Waals surface area contributed by atoms with Gasteiger partial charge in [-0.2, -0.15) is 0 Å². The Hall–Kier alpha value is -3.67. The van der Waals surface area contributed by atoms with Gasteiger partial charge in [-0.25, -0.2) is 4.79 Å². The molecule has 2 aromatic carbocycles. The topological polar surface area (TPSA) is 88.5 Å². The van der Waals surface area contributed by atoms with Crippen molar-refractivity contribution in [1.82, 2.24) is 10.3 Å². The van der Waals surface area contributed by atoms with Crippen LogP contribution in [0, 0.1) is 0 Å². The van der Waals surface area contributed by atoms with E-state index in [2.05, 4.69) is 10.3 Å². The van der Waals surface area contributed by atoms with E-state index >= 15 is 0 Å². The molecule has 1 amide bonds. The highest BCUT2D eigenvalue weighted by Gasteiger charge is 2.17. The molecule has 1 aromatic heterocycles. The first kappa shape index (κ1) is 22.0. The molecule has 1 heterocycles. The highest BCUT2D eigenvalue weighted by Crippen LogP contribution is 2.28. The van der Waals surface area contributed by atoms with Gasteiger partial charge in [0.2, 0.25) is 0 Å². The Bertz CT molecular complexity index is 1070. The third-order valence-corrected chi connectivity index (χ3v) is 4.53. The molecule has 0 atom stereocenters. The highest BCUT2D eigenvalue weighted by molar-refractivity contribution is 5.98. The number of pyridine rings is 1. The number of aromatic nitrogens is 1. The van der Waals surface area contributed by atoms with Crippen LogP contribution in [-0.2, 0) is 17.7 Å². The molecule has 0 unspecified atom stereocenters. The number of nitrogens with zero attached hydrogens (tertiary/aromatic N) is 1. The molecule has 0 aliphatic rings. The van der Waals surface area contributed by atoms with Crippen LogP contribution in [0.15, 0.2) is 67.0 Å². The summed E-state index contributed by atoms with van der Waals surface area (Å²) >= 11 is 0. The maximum atomic E-state index is 12.8. The van der Waals surface area contributed by atoms with Crippen LogP contribution in [0.5, 0.6) is 5.75 Å². The minimum Gasteiger partial charge on any atom is -0.508 e. The maximum Gasteiger partial charge on any atom is 0.407 e. The van der Waals surface area contributed by atoms with Crippen molar-refractivity contribution in [2.45, 2.75) is 39.3 Å². The second-order valence-corrected chi connectivity index (χ2v) is 8.23. The number of benzene rings is 2. The number of Topliss-reactive ketones (excluding diaryl/α,β-unsaturated/α-hetero) is 1. The molecule has 0 aliphatic carbocycles. The SMILES string of the molecule is CC(C)(C)OC(=O)NCc1ccc(C(=O)Cc2ccncc2)cc1-c1cccc(O)c1. The summed E-state index contributed by atoms with van der Waals surface area (Å²) < 4.78 is 5.30. The van der Waals surface area contributed by atoms with Crippen molar-refractivity contribution >= 4 is 11.9 Å². The van der Waals surface area contributed by atoms with Crippen molar-refractivity contribution in [1.29, 1.82) is 0 Å². The van der Waals surface area contributed by atoms with Gasteiger partial charge >= 0.3 is 6.09 Å². The number of amides is 1. The van der Waals surface area contributed by atoms with Gasteiger partial charge < -0.3 is 15.2 Å². The molecule has 0 fully saturated rings. The Kier molecular flexibility index (Phi) is 6.70. The second kappa shape index (κ2) is 9.43. The second-order valence-electron chi connectivity index (χ2n) is 8.23. The number of ketones is 1. The Labute approximate surface area is 181 Å². The van der Waals surface area contributed by atoms with Crippen LogP contribution in [0.4, 0.5) is 4.79 Å². The van der Waals surface area contributed by atoms with Crippen molar-refractivity contribution in [2.24, 2.45) is 0 Å². The zero-order valence-corrected chi connectivity index (χ0v) is 17.9. The molecule has 0 saturated heterocycles. The molecule has 0 aliphatic heterocycles. The molecule has 6 nitrogen and oxygen atoms in total. The number of carbonyl (C=O) groups is 2. The lowest BCUT2D eigenvalue weighted by Gasteiger charge is -2.20. The average molecular weight is 418 g/mol. The summed E-state index contributed by atoms with van der Waals surface area (Å²) in [5.41, 5.74) is 3.15. The fourth-order valence-corrected chi connectivity index (χ4v) is 3.12. The van der Waals surface area contributed by atoms with E-state index in [-0.39, 0.29) is 24.5 Å². The van der Waals surface area contributed by atoms with Crippen molar-refractivity contribution in [3.05, 3.63) is 83.7 Å². The van der Waals surface area contributed by atoms with E-state index in [9.17, 15) is 14.7 Å². The average Bonchev–Trinajstić information content (AvgIpc) is 2.71. The first-order valence-electron chi connectivity index (χ1n) is 10.0. The van der Waals surface area contributed by atoms with E-state index < -0.39 is 11.7 Å². The lowest BCUT2D eigenvalue weighted by molar-refractivity contribution is 0.0523. The van der Waals surface area contributed by atoms with Crippen LogP contribution in [0.25, 0.3) is 11.1 Å². The summed E-state index contributed by atoms with van der Waals surface area (Å²) in [6.07, 6.45) is 3.06. The van der Waals surface area contributed by atoms with Gasteiger partial charge in [0, 0.05) is 30.9 Å². The highest BCUT2D eigenvalue weighted by atomic mass is 16.6. The third kappa shape index (κ3) is 6.40. The number of rotatable bonds is 6. The molecule has 0 radical (unpaired) electrons. The van der Waals surface area contributed by atoms with Crippen molar-refractivity contribution in [2.75, 3.05) is 0 Å². The van der Waals surface area contributed by atoms with E-state index in [1.807, 2.05) is 24.3 Å². The maximum absolute atomic E-state index is 12.8. The normalized spacial score (nSPS) is 11.1. The van der Waals surface area contributed by atoms with Crippen LogP contribution < -0.4 is 5.32 Å². The Morgan fingerprint density at radius 1 is 1.03 bits per heavy atom. The number of phenolic OH excluding ortho intramolecular Hbond substituents is 1. The zero-order chi connectivity index (χ0) is 22.4. The molecule has 2 N–H and O–H groups in total. The standard InChI is InChI=1S/C25H26N2O4/c1-25(2,3)31-24(30)27-16-20-8-7-19(23(29)13-17-9-11-26-12-10-17)15-22(20)18-5-4-6-21(28)14-18/h4-12,14-15,28H,13,16H2,1-3H3,(H,27,30). The smallest absolute Gasteiger partial charge is 0.407 e. The van der Waals surface area contributed by atoms with Gasteiger partial charge in [-0.05, 0) is 73.4 Å². The quantitative estimate of drug-likeness (QED) is 0.556. The fraction of sp³-hybridized carbons (Fsp3) is 0.240. The monoisotopic (exact) mass is 418 g/mol. The Morgan fingerprint density at radius 3 is 2.45 bits per heavy atom. The third-order valence-electron chi connectivity index (χ3n) is 4.53. The number of phenols is 1. The molecule has 0 saturated carbocycles. The Morgan fingerprint density at radius 2 is 1.77 bits per heavy atom. The van der Waals surface area contributed by atoms with E-state index in [0.717, 1.165) is 22.3 Å². The number of hydrogen-bond donors (Lipinski definition) is 2. The fourth-order valence-electron chi connectivity index (χ4n) is 3.12. The summed E-state index contributed by atoms with van der Waals surface area (Å²) in [6.45, 7) is 5.62. The lowest BCUT2D eigenvalue weighted by atomic mass is 9.94. The zero-order valence-electron chi connectivity index (χ0n) is 17.9. The van der Waals surface area contributed by atoms with E-state index in [1.54, 1.807) is 63.5 Å². The van der Waals surface area contributed by atoms with Gasteiger partial charge in [-0.3, -0.25) is 9.78 Å². The van der Waals surface area contributed by atoms with E-state index in [0.29, 0.717) is 5.56 Å². The number of nitrogens with one attached hydrogen (secondary N) is 1. The van der Waals surface area contributed by atoms with Gasteiger partial charge in [0.25, 0.3) is 0 Å². The molecule has 6 heteroatoms. The summed E-state index contributed by atoms with van der Waals surface area (Å²) in [6, 6.07) is 15.8. The number of carbonyl (C=O) groups excluding carboxylic acids is 2. The predicted molar refractivity (Wildman–Crippen MR) is 119 cm³/mol. The first-order valence-corrected chi connectivity index (χ1v) is 10.0. The lowest BCUT2D eigenvalue weighted by Crippen LogP contribution is -2.32. The number of alkyl carbamates (subject to hydrolysis) is 1. The Balaban J connectivity index is 1.88. The summed E-state index contributed by atoms with van der Waals surface area (Å²) in [4.78, 5) is 28.9. The molecule has 0 bridgehead atoms. The number of hydrogen-bond acceptors (Lipinski definition) is 5. The van der Waals surface area contributed by atoms with Crippen molar-refractivity contribution < 1.29 is 19.4 Å². The van der Waals surface area contributed by atoms with Crippen LogP contribution >= 0.6 is 0 Å². The van der Waals surface area contributed by atoms with Crippen LogP contribution in [0.2, 0.25) is 0 Å². The number of aromatic hydroxyl groups is 1. The summed E-state index contributed by atoms with van der Waals surface area (Å²) in [5.74, 6) is 0.0938. The van der Waals surface area contributed by atoms with Gasteiger partial charge in [0.05, 0.1) is 0 Å². The molecule has 3 rings (SSSR count). The molecule has 3 aromatic rings. The minimum atomic E-state index is -0.596. The van der Waals surface area contributed by atoms with Crippen LogP contribution in [-0.4, -0.2) is 27.6 Å². The van der Waals surface area contributed by atoms with Crippen molar-refractivity contribution in [3.63, 3.8) is 0 Å². The molecule has 31 heavy (non-hydrogen) atoms. The molecule has 0 spiro atoms. The largest absolute Gasteiger partial charge is 0.508 e. The van der Waals surface area contributed by atoms with E-state index in [4.69, 9.17) is 4.74 Å². The minimum absolute atomic E-state index is 0.0285. The van der Waals surface area contributed by atoms with Crippen LogP contribution in [0.3, 0.4) is 0 Å².